The van der Waals surface area contributed by atoms with E-state index in [4.69, 9.17) is 9.47 Å². The molecule has 6 nitrogen and oxygen atoms in total. The zero-order valence-corrected chi connectivity index (χ0v) is 14.1. The molecule has 0 bridgehead atoms. The van der Waals surface area contributed by atoms with Crippen molar-refractivity contribution < 1.29 is 14.3 Å². The van der Waals surface area contributed by atoms with Crippen molar-refractivity contribution in [3.05, 3.63) is 58.8 Å². The smallest absolute Gasteiger partial charge is 0.287 e. The zero-order valence-electron chi connectivity index (χ0n) is 12.5. The quantitative estimate of drug-likeness (QED) is 0.442. The van der Waals surface area contributed by atoms with Crippen LogP contribution in [0.1, 0.15) is 16.1 Å². The van der Waals surface area contributed by atoms with Gasteiger partial charge in [-0.15, -0.1) is 0 Å². The van der Waals surface area contributed by atoms with E-state index in [1.54, 1.807) is 37.6 Å². The molecule has 1 aromatic carbocycles. The Kier molecular flexibility index (Phi) is 5.99. The highest BCUT2D eigenvalue weighted by atomic mass is 79.9. The molecule has 1 amide bonds. The molecule has 0 saturated heterocycles. The maximum Gasteiger partial charge on any atom is 0.287 e. The summed E-state index contributed by atoms with van der Waals surface area (Å²) < 4.78 is 11.5. The van der Waals surface area contributed by atoms with Gasteiger partial charge in [-0.3, -0.25) is 4.79 Å². The van der Waals surface area contributed by atoms with E-state index in [-0.39, 0.29) is 5.91 Å². The third-order valence-corrected chi connectivity index (χ3v) is 3.27. The van der Waals surface area contributed by atoms with Gasteiger partial charge in [0.15, 0.2) is 11.5 Å². The molecule has 0 saturated carbocycles. The number of halogens is 1. The first kappa shape index (κ1) is 16.8. The normalized spacial score (nSPS) is 10.5. The molecule has 0 spiro atoms. The molecule has 2 aromatic rings. The van der Waals surface area contributed by atoms with Crippen molar-refractivity contribution in [1.29, 1.82) is 0 Å². The number of H-pyrrole nitrogens is 1. The fourth-order valence-corrected chi connectivity index (χ4v) is 2.10. The van der Waals surface area contributed by atoms with Gasteiger partial charge in [-0.1, -0.05) is 12.7 Å². The predicted octanol–water partition coefficient (Wildman–Crippen LogP) is 3.11. The minimum absolute atomic E-state index is 0.329. The van der Waals surface area contributed by atoms with E-state index in [1.807, 2.05) is 6.07 Å². The van der Waals surface area contributed by atoms with Crippen LogP contribution >= 0.6 is 15.9 Å². The van der Waals surface area contributed by atoms with Crippen LogP contribution in [0, 0.1) is 0 Å². The highest BCUT2D eigenvalue weighted by Gasteiger charge is 2.07. The van der Waals surface area contributed by atoms with Crippen LogP contribution in [0.5, 0.6) is 11.5 Å². The standard InChI is InChI=1S/C16H16BrN3O3/c1-3-6-23-14-5-4-11(7-15(14)22-2)9-19-20-16(21)13-8-12(17)10-18-13/h3-5,7-10,18H,1,6H2,2H3,(H,20,21)/b19-9-. The Morgan fingerprint density at radius 3 is 2.91 bits per heavy atom. The van der Waals surface area contributed by atoms with E-state index in [0.29, 0.717) is 23.8 Å². The number of nitrogens with one attached hydrogen (secondary N) is 2. The minimum atomic E-state index is -0.329. The van der Waals surface area contributed by atoms with Crippen molar-refractivity contribution in [2.45, 2.75) is 0 Å². The lowest BCUT2D eigenvalue weighted by molar-refractivity contribution is 0.0951. The summed E-state index contributed by atoms with van der Waals surface area (Å²) in [6, 6.07) is 7.01. The summed E-state index contributed by atoms with van der Waals surface area (Å²) in [7, 11) is 1.56. The predicted molar refractivity (Wildman–Crippen MR) is 92.2 cm³/mol. The number of methoxy groups -OCH3 is 1. The Balaban J connectivity index is 2.01. The summed E-state index contributed by atoms with van der Waals surface area (Å²) in [5, 5.41) is 3.92. The van der Waals surface area contributed by atoms with Gasteiger partial charge in [-0.05, 0) is 45.8 Å². The van der Waals surface area contributed by atoms with Crippen LogP contribution in [0.3, 0.4) is 0 Å². The molecule has 7 heteroatoms. The van der Waals surface area contributed by atoms with E-state index >= 15 is 0 Å². The van der Waals surface area contributed by atoms with Crippen molar-refractivity contribution in [3.63, 3.8) is 0 Å². The molecule has 0 aliphatic rings. The second-order valence-corrected chi connectivity index (χ2v) is 5.36. The summed E-state index contributed by atoms with van der Waals surface area (Å²) >= 11 is 3.26. The van der Waals surface area contributed by atoms with Crippen LogP contribution in [-0.2, 0) is 0 Å². The van der Waals surface area contributed by atoms with Crippen LogP contribution in [-0.4, -0.2) is 30.8 Å². The van der Waals surface area contributed by atoms with Gasteiger partial charge >= 0.3 is 0 Å². The van der Waals surface area contributed by atoms with Crippen molar-refractivity contribution in [3.8, 4) is 11.5 Å². The van der Waals surface area contributed by atoms with Crippen molar-refractivity contribution in [1.82, 2.24) is 10.4 Å². The zero-order chi connectivity index (χ0) is 16.7. The number of hydrogen-bond donors (Lipinski definition) is 2. The van der Waals surface area contributed by atoms with Crippen LogP contribution in [0.4, 0.5) is 0 Å². The molecule has 0 radical (unpaired) electrons. The third-order valence-electron chi connectivity index (χ3n) is 2.82. The molecule has 2 N–H and O–H groups in total. The van der Waals surface area contributed by atoms with Gasteiger partial charge in [-0.2, -0.15) is 5.10 Å². The highest BCUT2D eigenvalue weighted by Crippen LogP contribution is 2.27. The maximum atomic E-state index is 11.8. The summed E-state index contributed by atoms with van der Waals surface area (Å²) in [5.41, 5.74) is 3.62. The lowest BCUT2D eigenvalue weighted by atomic mass is 10.2. The third kappa shape index (κ3) is 4.72. The van der Waals surface area contributed by atoms with Gasteiger partial charge in [0.2, 0.25) is 0 Å². The number of aromatic amines is 1. The number of nitrogens with zero attached hydrogens (tertiary/aromatic N) is 1. The molecule has 23 heavy (non-hydrogen) atoms. The molecule has 1 aromatic heterocycles. The number of carbonyl (C=O) groups excluding carboxylic acids is 1. The Labute approximate surface area is 142 Å². The number of benzene rings is 1. The average Bonchev–Trinajstić information content (AvgIpc) is 3.00. The molecular weight excluding hydrogens is 362 g/mol. The monoisotopic (exact) mass is 377 g/mol. The molecule has 120 valence electrons. The highest BCUT2D eigenvalue weighted by molar-refractivity contribution is 9.10. The van der Waals surface area contributed by atoms with Crippen LogP contribution in [0.2, 0.25) is 0 Å². The van der Waals surface area contributed by atoms with Gasteiger partial charge in [0, 0.05) is 10.7 Å². The SMILES string of the molecule is C=CCOc1ccc(/C=N\NC(=O)c2cc(Br)c[nH]2)cc1OC. The molecule has 2 rings (SSSR count). The second-order valence-electron chi connectivity index (χ2n) is 4.44. The largest absolute Gasteiger partial charge is 0.493 e. The maximum absolute atomic E-state index is 11.8. The first-order valence-electron chi connectivity index (χ1n) is 6.73. The fraction of sp³-hybridized carbons (Fsp3) is 0.125. The molecule has 1 heterocycles. The molecule has 0 aliphatic carbocycles. The molecular formula is C16H16BrN3O3. The number of amides is 1. The summed E-state index contributed by atoms with van der Waals surface area (Å²) in [6.07, 6.45) is 4.85. The summed E-state index contributed by atoms with van der Waals surface area (Å²) in [4.78, 5) is 14.6. The Hall–Kier alpha value is -2.54. The van der Waals surface area contributed by atoms with Crippen molar-refractivity contribution in [2.24, 2.45) is 5.10 Å². The topological polar surface area (TPSA) is 75.7 Å². The first-order valence-corrected chi connectivity index (χ1v) is 7.52. The second kappa shape index (κ2) is 8.19. The average molecular weight is 378 g/mol. The molecule has 0 unspecified atom stereocenters. The van der Waals surface area contributed by atoms with Gasteiger partial charge in [0.05, 0.1) is 13.3 Å². The molecule has 0 atom stereocenters. The fourth-order valence-electron chi connectivity index (χ4n) is 1.76. The van der Waals surface area contributed by atoms with Crippen LogP contribution < -0.4 is 14.9 Å². The minimum Gasteiger partial charge on any atom is -0.493 e. The summed E-state index contributed by atoms with van der Waals surface area (Å²) in [5.74, 6) is 0.866. The van der Waals surface area contributed by atoms with Gasteiger partial charge in [0.1, 0.15) is 12.3 Å². The van der Waals surface area contributed by atoms with Crippen LogP contribution in [0.15, 0.2) is 52.7 Å². The Morgan fingerprint density at radius 2 is 2.26 bits per heavy atom. The van der Waals surface area contributed by atoms with E-state index in [0.717, 1.165) is 10.0 Å². The number of hydrogen-bond acceptors (Lipinski definition) is 4. The Bertz CT molecular complexity index is 725. The van der Waals surface area contributed by atoms with E-state index < -0.39 is 0 Å². The van der Waals surface area contributed by atoms with Gasteiger partial charge in [0.25, 0.3) is 5.91 Å². The van der Waals surface area contributed by atoms with Crippen LogP contribution in [0.25, 0.3) is 0 Å². The van der Waals surface area contributed by atoms with E-state index in [1.165, 1.54) is 6.21 Å². The van der Waals surface area contributed by atoms with E-state index in [2.05, 4.69) is 38.0 Å². The number of hydrazone groups is 1. The molecule has 0 aliphatic heterocycles. The number of ether oxygens (including phenoxy) is 2. The lowest BCUT2D eigenvalue weighted by Crippen LogP contribution is -2.17. The lowest BCUT2D eigenvalue weighted by Gasteiger charge is -2.09. The van der Waals surface area contributed by atoms with Gasteiger partial charge < -0.3 is 14.5 Å². The number of rotatable bonds is 7. The van der Waals surface area contributed by atoms with Crippen molar-refractivity contribution >= 4 is 28.1 Å². The Morgan fingerprint density at radius 1 is 1.43 bits per heavy atom. The van der Waals surface area contributed by atoms with E-state index in [9.17, 15) is 4.79 Å². The molecule has 0 fully saturated rings. The number of aromatic nitrogens is 1. The summed E-state index contributed by atoms with van der Waals surface area (Å²) in [6.45, 7) is 3.99. The van der Waals surface area contributed by atoms with Crippen molar-refractivity contribution in [2.75, 3.05) is 13.7 Å². The first-order chi connectivity index (χ1) is 11.1. The van der Waals surface area contributed by atoms with Gasteiger partial charge in [-0.25, -0.2) is 5.43 Å². The number of carbonyl (C=O) groups is 1.